The number of hydrogen-bond donors (Lipinski definition) is 1. The molecule has 3 rings (SSSR count). The van der Waals surface area contributed by atoms with E-state index in [9.17, 15) is 14.4 Å². The van der Waals surface area contributed by atoms with Crippen LogP contribution in [0.15, 0.2) is 0 Å². The predicted octanol–water partition coefficient (Wildman–Crippen LogP) is 1.35. The monoisotopic (exact) mass is 307 g/mol. The van der Waals surface area contributed by atoms with Crippen LogP contribution in [0.25, 0.3) is 0 Å². The van der Waals surface area contributed by atoms with Crippen LogP contribution in [0, 0.1) is 11.8 Å². The number of imide groups is 1. The van der Waals surface area contributed by atoms with E-state index in [1.807, 2.05) is 4.90 Å². The minimum absolute atomic E-state index is 0.111. The lowest BCUT2D eigenvalue weighted by Crippen LogP contribution is -2.48. The second-order valence-electron chi connectivity index (χ2n) is 7.47. The maximum absolute atomic E-state index is 12.6. The molecule has 6 heteroatoms. The summed E-state index contributed by atoms with van der Waals surface area (Å²) in [7, 11) is 0. The molecule has 0 aromatic heterocycles. The molecular formula is C16H25N3O3. The molecule has 1 unspecified atom stereocenters. The first kappa shape index (κ1) is 15.3. The summed E-state index contributed by atoms with van der Waals surface area (Å²) >= 11 is 0. The number of carbonyl (C=O) groups is 3. The van der Waals surface area contributed by atoms with Crippen LogP contribution in [0.2, 0.25) is 0 Å². The molecule has 0 aromatic rings. The standard InChI is InChI=1S/C16H25N3O3/c1-10(2)8-18(12-6-7-12)13(20)9-19-14(21)16(3,11-4-5-11)17-15(19)22/h10-12H,4-9H2,1-3H3,(H,17,22). The summed E-state index contributed by atoms with van der Waals surface area (Å²) in [6, 6.07) is -0.126. The van der Waals surface area contributed by atoms with Crippen LogP contribution in [0.1, 0.15) is 46.5 Å². The van der Waals surface area contributed by atoms with E-state index in [2.05, 4.69) is 19.2 Å². The molecule has 1 saturated heterocycles. The molecule has 1 atom stereocenters. The van der Waals surface area contributed by atoms with Gasteiger partial charge in [0.15, 0.2) is 0 Å². The quantitative estimate of drug-likeness (QED) is 0.753. The Morgan fingerprint density at radius 1 is 1.32 bits per heavy atom. The fraction of sp³-hybridized carbons (Fsp3) is 0.812. The minimum Gasteiger partial charge on any atom is -0.338 e. The molecule has 0 spiro atoms. The topological polar surface area (TPSA) is 69.7 Å². The Bertz CT molecular complexity index is 511. The van der Waals surface area contributed by atoms with Crippen molar-refractivity contribution in [1.82, 2.24) is 15.1 Å². The van der Waals surface area contributed by atoms with Crippen LogP contribution in [-0.2, 0) is 9.59 Å². The fourth-order valence-corrected chi connectivity index (χ4v) is 3.26. The molecule has 2 aliphatic carbocycles. The van der Waals surface area contributed by atoms with E-state index < -0.39 is 11.6 Å². The van der Waals surface area contributed by atoms with E-state index in [4.69, 9.17) is 0 Å². The third-order valence-corrected chi connectivity index (χ3v) is 4.86. The zero-order chi connectivity index (χ0) is 16.1. The van der Waals surface area contributed by atoms with E-state index in [1.165, 1.54) is 0 Å². The smallest absolute Gasteiger partial charge is 0.325 e. The molecule has 1 heterocycles. The van der Waals surface area contributed by atoms with E-state index in [0.29, 0.717) is 18.5 Å². The molecule has 0 bridgehead atoms. The summed E-state index contributed by atoms with van der Waals surface area (Å²) in [5.74, 6) is 0.247. The van der Waals surface area contributed by atoms with Crippen LogP contribution < -0.4 is 5.32 Å². The summed E-state index contributed by atoms with van der Waals surface area (Å²) in [6.45, 7) is 6.48. The second-order valence-corrected chi connectivity index (χ2v) is 7.47. The van der Waals surface area contributed by atoms with E-state index in [-0.39, 0.29) is 24.3 Å². The Kier molecular flexibility index (Phi) is 3.65. The fourth-order valence-electron chi connectivity index (χ4n) is 3.26. The molecule has 1 aliphatic heterocycles. The molecule has 4 amide bonds. The third kappa shape index (κ3) is 2.71. The van der Waals surface area contributed by atoms with Gasteiger partial charge in [-0.1, -0.05) is 13.8 Å². The normalized spacial score (nSPS) is 28.3. The van der Waals surface area contributed by atoms with E-state index >= 15 is 0 Å². The first-order chi connectivity index (χ1) is 10.3. The highest BCUT2D eigenvalue weighted by molar-refractivity contribution is 6.09. The van der Waals surface area contributed by atoms with Gasteiger partial charge in [-0.05, 0) is 44.4 Å². The molecule has 22 heavy (non-hydrogen) atoms. The molecule has 122 valence electrons. The molecule has 6 nitrogen and oxygen atoms in total. The van der Waals surface area contributed by atoms with Gasteiger partial charge in [0, 0.05) is 12.6 Å². The summed E-state index contributed by atoms with van der Waals surface area (Å²) in [4.78, 5) is 40.2. The average molecular weight is 307 g/mol. The lowest BCUT2D eigenvalue weighted by atomic mass is 9.96. The summed E-state index contributed by atoms with van der Waals surface area (Å²) < 4.78 is 0. The van der Waals surface area contributed by atoms with Crippen molar-refractivity contribution in [2.45, 2.75) is 58.0 Å². The second kappa shape index (κ2) is 5.25. The maximum Gasteiger partial charge on any atom is 0.325 e. The molecule has 0 aromatic carbocycles. The van der Waals surface area contributed by atoms with Crippen molar-refractivity contribution in [3.8, 4) is 0 Å². The highest BCUT2D eigenvalue weighted by Gasteiger charge is 2.56. The van der Waals surface area contributed by atoms with E-state index in [0.717, 1.165) is 30.6 Å². The molecule has 3 aliphatic rings. The number of amides is 4. The van der Waals surface area contributed by atoms with Crippen LogP contribution >= 0.6 is 0 Å². The van der Waals surface area contributed by atoms with Gasteiger partial charge in [-0.3, -0.25) is 14.5 Å². The number of hydrogen-bond acceptors (Lipinski definition) is 3. The van der Waals surface area contributed by atoms with Crippen LogP contribution in [0.4, 0.5) is 4.79 Å². The molecule has 2 saturated carbocycles. The zero-order valence-electron chi connectivity index (χ0n) is 13.6. The van der Waals surface area contributed by atoms with Crippen LogP contribution in [0.5, 0.6) is 0 Å². The number of carbonyl (C=O) groups excluding carboxylic acids is 3. The maximum atomic E-state index is 12.6. The molecule has 0 radical (unpaired) electrons. The van der Waals surface area contributed by atoms with Crippen molar-refractivity contribution >= 4 is 17.8 Å². The van der Waals surface area contributed by atoms with Crippen molar-refractivity contribution in [3.63, 3.8) is 0 Å². The van der Waals surface area contributed by atoms with Gasteiger partial charge in [-0.25, -0.2) is 4.79 Å². The van der Waals surface area contributed by atoms with Crippen molar-refractivity contribution in [2.75, 3.05) is 13.1 Å². The van der Waals surface area contributed by atoms with E-state index in [1.54, 1.807) is 6.92 Å². The average Bonchev–Trinajstić information content (AvgIpc) is 3.31. The number of nitrogens with zero attached hydrogens (tertiary/aromatic N) is 2. The van der Waals surface area contributed by atoms with Gasteiger partial charge in [0.2, 0.25) is 5.91 Å². The predicted molar refractivity (Wildman–Crippen MR) is 80.9 cm³/mol. The summed E-state index contributed by atoms with van der Waals surface area (Å²) in [6.07, 6.45) is 3.98. The van der Waals surface area contributed by atoms with Gasteiger partial charge >= 0.3 is 6.03 Å². The molecule has 3 fully saturated rings. The Morgan fingerprint density at radius 2 is 1.95 bits per heavy atom. The summed E-state index contributed by atoms with van der Waals surface area (Å²) in [5.41, 5.74) is -0.806. The van der Waals surface area contributed by atoms with Crippen molar-refractivity contribution in [1.29, 1.82) is 0 Å². The molecule has 1 N–H and O–H groups in total. The van der Waals surface area contributed by atoms with Crippen molar-refractivity contribution in [3.05, 3.63) is 0 Å². The van der Waals surface area contributed by atoms with Gasteiger partial charge in [-0.2, -0.15) is 0 Å². The van der Waals surface area contributed by atoms with Gasteiger partial charge in [0.1, 0.15) is 12.1 Å². The van der Waals surface area contributed by atoms with Crippen LogP contribution in [0.3, 0.4) is 0 Å². The zero-order valence-corrected chi connectivity index (χ0v) is 13.6. The Labute approximate surface area is 131 Å². The van der Waals surface area contributed by atoms with Crippen LogP contribution in [-0.4, -0.2) is 52.3 Å². The summed E-state index contributed by atoms with van der Waals surface area (Å²) in [5, 5.41) is 2.79. The molecular weight excluding hydrogens is 282 g/mol. The van der Waals surface area contributed by atoms with Gasteiger partial charge in [0.05, 0.1) is 0 Å². The first-order valence-electron chi connectivity index (χ1n) is 8.26. The van der Waals surface area contributed by atoms with Gasteiger partial charge < -0.3 is 10.2 Å². The Morgan fingerprint density at radius 3 is 2.45 bits per heavy atom. The highest BCUT2D eigenvalue weighted by Crippen LogP contribution is 2.42. The highest BCUT2D eigenvalue weighted by atomic mass is 16.2. The minimum atomic E-state index is -0.806. The first-order valence-corrected chi connectivity index (χ1v) is 8.26. The Balaban J connectivity index is 1.67. The van der Waals surface area contributed by atoms with Crippen molar-refractivity contribution in [2.24, 2.45) is 11.8 Å². The number of urea groups is 1. The number of nitrogens with one attached hydrogen (secondary N) is 1. The lowest BCUT2D eigenvalue weighted by Gasteiger charge is -2.26. The van der Waals surface area contributed by atoms with Gasteiger partial charge in [-0.15, -0.1) is 0 Å². The third-order valence-electron chi connectivity index (χ3n) is 4.86. The van der Waals surface area contributed by atoms with Gasteiger partial charge in [0.25, 0.3) is 5.91 Å². The largest absolute Gasteiger partial charge is 0.338 e. The van der Waals surface area contributed by atoms with Crippen molar-refractivity contribution < 1.29 is 14.4 Å². The Hall–Kier alpha value is -1.59. The number of rotatable bonds is 6. The SMILES string of the molecule is CC(C)CN(C(=O)CN1C(=O)NC(C)(C2CC2)C1=O)C1CC1. The lowest BCUT2D eigenvalue weighted by molar-refractivity contribution is -0.139.